The van der Waals surface area contributed by atoms with Gasteiger partial charge in [0.25, 0.3) is 11.8 Å². The van der Waals surface area contributed by atoms with Gasteiger partial charge in [-0.1, -0.05) is 17.7 Å². The van der Waals surface area contributed by atoms with Crippen molar-refractivity contribution in [2.45, 2.75) is 32.8 Å². The number of carbonyl (C=O) groups is 2. The van der Waals surface area contributed by atoms with Crippen LogP contribution in [0.5, 0.6) is 0 Å². The highest BCUT2D eigenvalue weighted by Gasteiger charge is 2.23. The topological polar surface area (TPSA) is 67.4 Å². The van der Waals surface area contributed by atoms with E-state index in [2.05, 4.69) is 10.9 Å². The van der Waals surface area contributed by atoms with Gasteiger partial charge in [-0.05, 0) is 38.3 Å². The van der Waals surface area contributed by atoms with Gasteiger partial charge in [-0.15, -0.1) is 0 Å². The molecule has 0 saturated carbocycles. The SMILES string of the molecule is Cc1ccc(C(=O)NNC(=O)C2CCCO2)c(C)c1. The van der Waals surface area contributed by atoms with E-state index < -0.39 is 6.10 Å². The Bertz CT molecular complexity index is 493. The zero-order valence-electron chi connectivity index (χ0n) is 11.2. The van der Waals surface area contributed by atoms with E-state index in [-0.39, 0.29) is 11.8 Å². The Balaban J connectivity index is 1.92. The number of hydrazine groups is 1. The van der Waals surface area contributed by atoms with Crippen molar-refractivity contribution >= 4 is 11.8 Å². The van der Waals surface area contributed by atoms with Crippen LogP contribution in [-0.4, -0.2) is 24.5 Å². The second-order valence-corrected chi connectivity index (χ2v) is 4.76. The van der Waals surface area contributed by atoms with Gasteiger partial charge in [0.15, 0.2) is 0 Å². The van der Waals surface area contributed by atoms with E-state index in [0.29, 0.717) is 18.6 Å². The number of rotatable bonds is 2. The van der Waals surface area contributed by atoms with Crippen LogP contribution in [0.1, 0.15) is 34.3 Å². The summed E-state index contributed by atoms with van der Waals surface area (Å²) in [5, 5.41) is 0. The van der Waals surface area contributed by atoms with Crippen molar-refractivity contribution in [3.05, 3.63) is 34.9 Å². The minimum Gasteiger partial charge on any atom is -0.368 e. The van der Waals surface area contributed by atoms with Crippen LogP contribution in [0, 0.1) is 13.8 Å². The molecule has 2 rings (SSSR count). The molecule has 1 atom stereocenters. The lowest BCUT2D eigenvalue weighted by atomic mass is 10.1. The summed E-state index contributed by atoms with van der Waals surface area (Å²) in [4.78, 5) is 23.6. The highest BCUT2D eigenvalue weighted by Crippen LogP contribution is 2.12. The smallest absolute Gasteiger partial charge is 0.269 e. The molecule has 102 valence electrons. The third kappa shape index (κ3) is 3.32. The fourth-order valence-corrected chi connectivity index (χ4v) is 2.12. The maximum atomic E-state index is 11.9. The quantitative estimate of drug-likeness (QED) is 0.788. The molecule has 0 bridgehead atoms. The van der Waals surface area contributed by atoms with Gasteiger partial charge in [0.2, 0.25) is 0 Å². The second kappa shape index (κ2) is 5.84. The van der Waals surface area contributed by atoms with Gasteiger partial charge in [-0.2, -0.15) is 0 Å². The molecule has 1 unspecified atom stereocenters. The molecule has 1 aliphatic rings. The number of hydrogen-bond acceptors (Lipinski definition) is 3. The van der Waals surface area contributed by atoms with E-state index in [1.54, 1.807) is 6.07 Å². The van der Waals surface area contributed by atoms with Gasteiger partial charge >= 0.3 is 0 Å². The van der Waals surface area contributed by atoms with Crippen molar-refractivity contribution in [3.8, 4) is 0 Å². The zero-order valence-corrected chi connectivity index (χ0v) is 11.2. The fraction of sp³-hybridized carbons (Fsp3) is 0.429. The Labute approximate surface area is 112 Å². The Morgan fingerprint density at radius 2 is 2.05 bits per heavy atom. The third-order valence-corrected chi connectivity index (χ3v) is 3.15. The largest absolute Gasteiger partial charge is 0.368 e. The molecule has 1 fully saturated rings. The van der Waals surface area contributed by atoms with E-state index in [9.17, 15) is 9.59 Å². The zero-order chi connectivity index (χ0) is 13.8. The van der Waals surface area contributed by atoms with Crippen LogP contribution in [0.15, 0.2) is 18.2 Å². The molecule has 1 heterocycles. The minimum absolute atomic E-state index is 0.296. The predicted octanol–water partition coefficient (Wildman–Crippen LogP) is 1.24. The Morgan fingerprint density at radius 1 is 1.26 bits per heavy atom. The number of benzene rings is 1. The maximum Gasteiger partial charge on any atom is 0.269 e. The highest BCUT2D eigenvalue weighted by atomic mass is 16.5. The van der Waals surface area contributed by atoms with Crippen molar-refractivity contribution in [3.63, 3.8) is 0 Å². The number of amides is 2. The van der Waals surface area contributed by atoms with Crippen molar-refractivity contribution in [1.29, 1.82) is 0 Å². The predicted molar refractivity (Wildman–Crippen MR) is 70.5 cm³/mol. The summed E-state index contributed by atoms with van der Waals surface area (Å²) in [5.74, 6) is -0.612. The fourth-order valence-electron chi connectivity index (χ4n) is 2.12. The standard InChI is InChI=1S/C14H18N2O3/c1-9-5-6-11(10(2)8-9)13(17)15-16-14(18)12-4-3-7-19-12/h5-6,8,12H,3-4,7H2,1-2H3,(H,15,17)(H,16,18). The minimum atomic E-state index is -0.445. The van der Waals surface area contributed by atoms with Gasteiger partial charge in [-0.25, -0.2) is 0 Å². The van der Waals surface area contributed by atoms with Crippen molar-refractivity contribution in [2.24, 2.45) is 0 Å². The summed E-state index contributed by atoms with van der Waals surface area (Å²) >= 11 is 0. The lowest BCUT2D eigenvalue weighted by Gasteiger charge is -2.12. The molecular weight excluding hydrogens is 244 g/mol. The molecule has 0 radical (unpaired) electrons. The first-order valence-corrected chi connectivity index (χ1v) is 6.37. The monoisotopic (exact) mass is 262 g/mol. The third-order valence-electron chi connectivity index (χ3n) is 3.15. The summed E-state index contributed by atoms with van der Waals surface area (Å²) in [6, 6.07) is 5.54. The number of ether oxygens (including phenoxy) is 1. The molecule has 5 heteroatoms. The van der Waals surface area contributed by atoms with Crippen molar-refractivity contribution < 1.29 is 14.3 Å². The molecule has 1 aromatic carbocycles. The lowest BCUT2D eigenvalue weighted by molar-refractivity contribution is -0.130. The molecule has 0 aromatic heterocycles. The summed E-state index contributed by atoms with van der Waals surface area (Å²) in [6.45, 7) is 4.43. The van der Waals surface area contributed by atoms with Gasteiger partial charge in [0.1, 0.15) is 6.10 Å². The van der Waals surface area contributed by atoms with E-state index >= 15 is 0 Å². The van der Waals surface area contributed by atoms with Crippen LogP contribution in [0.25, 0.3) is 0 Å². The van der Waals surface area contributed by atoms with Crippen LogP contribution in [0.3, 0.4) is 0 Å². The van der Waals surface area contributed by atoms with E-state index in [4.69, 9.17) is 4.74 Å². The first-order chi connectivity index (χ1) is 9.08. The van der Waals surface area contributed by atoms with Crippen molar-refractivity contribution in [1.82, 2.24) is 10.9 Å². The van der Waals surface area contributed by atoms with E-state index in [1.807, 2.05) is 26.0 Å². The Kier molecular flexibility index (Phi) is 4.16. The molecule has 5 nitrogen and oxygen atoms in total. The molecule has 1 saturated heterocycles. The molecule has 19 heavy (non-hydrogen) atoms. The molecule has 1 aromatic rings. The molecule has 1 aliphatic heterocycles. The summed E-state index contributed by atoms with van der Waals surface area (Å²) in [5.41, 5.74) is 7.35. The van der Waals surface area contributed by atoms with E-state index in [1.165, 1.54) is 0 Å². The molecule has 0 spiro atoms. The molecule has 0 aliphatic carbocycles. The number of nitrogens with one attached hydrogen (secondary N) is 2. The number of carbonyl (C=O) groups excluding carboxylic acids is 2. The van der Waals surface area contributed by atoms with Gasteiger partial charge < -0.3 is 4.74 Å². The lowest BCUT2D eigenvalue weighted by Crippen LogP contribution is -2.46. The average Bonchev–Trinajstić information content (AvgIpc) is 2.89. The second-order valence-electron chi connectivity index (χ2n) is 4.76. The first kappa shape index (κ1) is 13.5. The molecule has 2 amide bonds. The summed E-state index contributed by atoms with van der Waals surface area (Å²) < 4.78 is 5.23. The summed E-state index contributed by atoms with van der Waals surface area (Å²) in [6.07, 6.45) is 1.13. The Morgan fingerprint density at radius 3 is 2.68 bits per heavy atom. The summed E-state index contributed by atoms with van der Waals surface area (Å²) in [7, 11) is 0. The van der Waals surface area contributed by atoms with Crippen LogP contribution >= 0.6 is 0 Å². The van der Waals surface area contributed by atoms with Gasteiger partial charge in [0.05, 0.1) is 0 Å². The van der Waals surface area contributed by atoms with Gasteiger partial charge in [-0.3, -0.25) is 20.4 Å². The van der Waals surface area contributed by atoms with Crippen molar-refractivity contribution in [2.75, 3.05) is 6.61 Å². The van der Waals surface area contributed by atoms with Crippen LogP contribution in [0.2, 0.25) is 0 Å². The normalized spacial score (nSPS) is 18.1. The number of aryl methyl sites for hydroxylation is 2. The van der Waals surface area contributed by atoms with Crippen LogP contribution < -0.4 is 10.9 Å². The van der Waals surface area contributed by atoms with E-state index in [0.717, 1.165) is 17.5 Å². The van der Waals surface area contributed by atoms with Gasteiger partial charge in [0, 0.05) is 12.2 Å². The Hall–Kier alpha value is -1.88. The number of hydrogen-bond donors (Lipinski definition) is 2. The van der Waals surface area contributed by atoms with Crippen LogP contribution in [-0.2, 0) is 9.53 Å². The molecular formula is C14H18N2O3. The first-order valence-electron chi connectivity index (χ1n) is 6.37. The average molecular weight is 262 g/mol. The maximum absolute atomic E-state index is 11.9. The molecule has 2 N–H and O–H groups in total. The van der Waals surface area contributed by atoms with Crippen LogP contribution in [0.4, 0.5) is 0 Å². The highest BCUT2D eigenvalue weighted by molar-refractivity contribution is 5.97.